The fourth-order valence-corrected chi connectivity index (χ4v) is 5.10. The van der Waals surface area contributed by atoms with Gasteiger partial charge in [0.25, 0.3) is 0 Å². The van der Waals surface area contributed by atoms with Gasteiger partial charge in [-0.25, -0.2) is 14.4 Å². The summed E-state index contributed by atoms with van der Waals surface area (Å²) in [4.78, 5) is 5.00. The van der Waals surface area contributed by atoms with Crippen LogP contribution < -0.4 is 0 Å². The molecule has 7 heteroatoms. The Morgan fingerprint density at radius 1 is 0.605 bits per heavy atom. The zero-order valence-electron chi connectivity index (χ0n) is 23.5. The second-order valence-electron chi connectivity index (χ2n) is 10.2. The van der Waals surface area contributed by atoms with E-state index in [-0.39, 0.29) is 0 Å². The van der Waals surface area contributed by atoms with E-state index in [0.29, 0.717) is 5.70 Å². The van der Waals surface area contributed by atoms with Crippen molar-refractivity contribution in [2.75, 3.05) is 0 Å². The van der Waals surface area contributed by atoms with Gasteiger partial charge in [0, 0.05) is 5.56 Å². The van der Waals surface area contributed by atoms with Crippen molar-refractivity contribution >= 4 is 39.0 Å². The van der Waals surface area contributed by atoms with Crippen LogP contribution in [0.3, 0.4) is 0 Å². The molecule has 0 bridgehead atoms. The minimum atomic E-state index is 0.695. The van der Waals surface area contributed by atoms with Crippen LogP contribution in [0.5, 0.6) is 0 Å². The molecule has 7 nitrogen and oxygen atoms in total. The first kappa shape index (κ1) is 26.0. The van der Waals surface area contributed by atoms with Crippen LogP contribution in [0.2, 0.25) is 0 Å². The maximum Gasteiger partial charge on any atom is 0.113 e. The minimum absolute atomic E-state index is 0.695. The molecule has 0 spiro atoms. The van der Waals surface area contributed by atoms with Crippen LogP contribution >= 0.6 is 0 Å². The molecule has 0 fully saturated rings. The van der Waals surface area contributed by atoms with Crippen LogP contribution in [-0.4, -0.2) is 35.7 Å². The minimum Gasteiger partial charge on any atom is -0.248 e. The van der Waals surface area contributed by atoms with Crippen molar-refractivity contribution in [1.29, 1.82) is 0 Å². The van der Waals surface area contributed by atoms with E-state index in [1.165, 1.54) is 0 Å². The number of allylic oxidation sites excluding steroid dienone is 2. The molecule has 0 atom stereocenters. The monoisotopic (exact) mass is 557 g/mol. The SMILES string of the molecule is C=C(N=C(/C=C(\C)c1cc(-n2nnc3ccccc32)cc(-n2nnc3ccccc32)c1)c1ccccc1)c1ccccc1. The molecule has 43 heavy (non-hydrogen) atoms. The Bertz CT molecular complexity index is 2060. The normalized spacial score (nSPS) is 12.2. The molecular weight excluding hydrogens is 530 g/mol. The quantitative estimate of drug-likeness (QED) is 0.188. The third-order valence-corrected chi connectivity index (χ3v) is 7.34. The van der Waals surface area contributed by atoms with Gasteiger partial charge in [0.15, 0.2) is 0 Å². The molecule has 206 valence electrons. The van der Waals surface area contributed by atoms with E-state index in [2.05, 4.69) is 70.5 Å². The Morgan fingerprint density at radius 3 is 1.65 bits per heavy atom. The Balaban J connectivity index is 1.40. The zero-order chi connectivity index (χ0) is 29.2. The second-order valence-corrected chi connectivity index (χ2v) is 10.2. The first-order valence-electron chi connectivity index (χ1n) is 14.0. The molecule has 5 aromatic carbocycles. The summed E-state index contributed by atoms with van der Waals surface area (Å²) in [5.74, 6) is 0. The van der Waals surface area contributed by atoms with Gasteiger partial charge in [-0.3, -0.25) is 0 Å². The van der Waals surface area contributed by atoms with Crippen molar-refractivity contribution in [1.82, 2.24) is 30.0 Å². The molecule has 0 N–H and O–H groups in total. The fraction of sp³-hybridized carbons (Fsp3) is 0.0278. The smallest absolute Gasteiger partial charge is 0.113 e. The number of aromatic nitrogens is 6. The molecule has 0 aliphatic carbocycles. The summed E-state index contributed by atoms with van der Waals surface area (Å²) >= 11 is 0. The van der Waals surface area contributed by atoms with Gasteiger partial charge in [-0.2, -0.15) is 0 Å². The summed E-state index contributed by atoms with van der Waals surface area (Å²) in [5.41, 5.74) is 10.7. The molecule has 0 saturated carbocycles. The first-order valence-corrected chi connectivity index (χ1v) is 14.0. The largest absolute Gasteiger partial charge is 0.248 e. The van der Waals surface area contributed by atoms with Gasteiger partial charge in [-0.05, 0) is 72.2 Å². The fourth-order valence-electron chi connectivity index (χ4n) is 5.10. The molecule has 0 radical (unpaired) electrons. The van der Waals surface area contributed by atoms with Crippen molar-refractivity contribution in [3.8, 4) is 11.4 Å². The lowest BCUT2D eigenvalue weighted by Gasteiger charge is -2.12. The Kier molecular flexibility index (Phi) is 6.73. The predicted octanol–water partition coefficient (Wildman–Crippen LogP) is 7.72. The molecule has 2 aromatic heterocycles. The van der Waals surface area contributed by atoms with E-state index in [9.17, 15) is 0 Å². The Labute approximate surface area is 248 Å². The molecule has 2 heterocycles. The zero-order valence-corrected chi connectivity index (χ0v) is 23.5. The van der Waals surface area contributed by atoms with Crippen molar-refractivity contribution in [3.63, 3.8) is 0 Å². The van der Waals surface area contributed by atoms with Gasteiger partial charge >= 0.3 is 0 Å². The van der Waals surface area contributed by atoms with E-state index in [1.54, 1.807) is 0 Å². The second kappa shape index (κ2) is 11.1. The number of benzene rings is 5. The number of hydrogen-bond acceptors (Lipinski definition) is 5. The number of rotatable bonds is 7. The van der Waals surface area contributed by atoms with Crippen molar-refractivity contribution in [2.24, 2.45) is 4.99 Å². The standard InChI is InChI=1S/C36H27N7/c1-25(21-34(28-15-7-4-8-16-28)37-26(2)27-13-5-3-6-14-27)29-22-30(42-35-19-11-9-17-32(35)38-40-42)24-31(23-29)43-36-20-12-10-18-33(36)39-41-43/h3-24H,2H2,1H3/b25-21+,37-34?. The molecule has 0 aliphatic heterocycles. The number of fused-ring (bicyclic) bond motifs is 2. The number of nitrogens with zero attached hydrogens (tertiary/aromatic N) is 7. The highest BCUT2D eigenvalue weighted by molar-refractivity contribution is 6.14. The molecule has 0 saturated heterocycles. The predicted molar refractivity (Wildman–Crippen MR) is 173 cm³/mol. The molecule has 0 aliphatic rings. The van der Waals surface area contributed by atoms with E-state index in [0.717, 1.165) is 61.4 Å². The maximum atomic E-state index is 5.00. The van der Waals surface area contributed by atoms with Gasteiger partial charge in [0.1, 0.15) is 11.0 Å². The summed E-state index contributed by atoms with van der Waals surface area (Å²) in [6.07, 6.45) is 2.10. The van der Waals surface area contributed by atoms with Crippen LogP contribution in [0.15, 0.2) is 145 Å². The summed E-state index contributed by atoms with van der Waals surface area (Å²) in [5, 5.41) is 17.8. The highest BCUT2D eigenvalue weighted by Gasteiger charge is 2.14. The number of aliphatic imine (C=N–C) groups is 1. The first-order chi connectivity index (χ1) is 21.1. The maximum absolute atomic E-state index is 5.00. The molecule has 7 rings (SSSR count). The lowest BCUT2D eigenvalue weighted by Crippen LogP contribution is -2.04. The lowest BCUT2D eigenvalue weighted by atomic mass is 10.0. The summed E-state index contributed by atoms with van der Waals surface area (Å²) in [6, 6.07) is 42.3. The molecule has 0 amide bonds. The summed E-state index contributed by atoms with van der Waals surface area (Å²) < 4.78 is 3.72. The lowest BCUT2D eigenvalue weighted by molar-refractivity contribution is 0.806. The number of hydrogen-bond donors (Lipinski definition) is 0. The van der Waals surface area contributed by atoms with Crippen molar-refractivity contribution in [2.45, 2.75) is 6.92 Å². The number of para-hydroxylation sites is 2. The van der Waals surface area contributed by atoms with Crippen LogP contribution in [0.4, 0.5) is 0 Å². The van der Waals surface area contributed by atoms with Crippen molar-refractivity contribution < 1.29 is 0 Å². The highest BCUT2D eigenvalue weighted by atomic mass is 15.4. The highest BCUT2D eigenvalue weighted by Crippen LogP contribution is 2.27. The van der Waals surface area contributed by atoms with Crippen LogP contribution in [-0.2, 0) is 0 Å². The van der Waals surface area contributed by atoms with E-state index in [4.69, 9.17) is 4.99 Å². The van der Waals surface area contributed by atoms with E-state index >= 15 is 0 Å². The van der Waals surface area contributed by atoms with Gasteiger partial charge in [-0.15, -0.1) is 10.2 Å². The Morgan fingerprint density at radius 2 is 1.09 bits per heavy atom. The molecular formula is C36H27N7. The van der Waals surface area contributed by atoms with Crippen LogP contribution in [0, 0.1) is 0 Å². The van der Waals surface area contributed by atoms with Crippen LogP contribution in [0.1, 0.15) is 23.6 Å². The van der Waals surface area contributed by atoms with Gasteiger partial charge in [-0.1, -0.05) is 102 Å². The summed E-state index contributed by atoms with van der Waals surface area (Å²) in [6.45, 7) is 6.36. The van der Waals surface area contributed by atoms with Gasteiger partial charge in [0.2, 0.25) is 0 Å². The van der Waals surface area contributed by atoms with Gasteiger partial charge < -0.3 is 0 Å². The molecule has 7 aromatic rings. The van der Waals surface area contributed by atoms with Gasteiger partial charge in [0.05, 0.1) is 33.8 Å². The topological polar surface area (TPSA) is 73.8 Å². The molecule has 0 unspecified atom stereocenters. The van der Waals surface area contributed by atoms with Crippen molar-refractivity contribution in [3.05, 3.63) is 157 Å². The third-order valence-electron chi connectivity index (χ3n) is 7.34. The average Bonchev–Trinajstić information content (AvgIpc) is 3.70. The van der Waals surface area contributed by atoms with E-state index < -0.39 is 0 Å². The average molecular weight is 558 g/mol. The third kappa shape index (κ3) is 5.15. The Hall–Kier alpha value is -5.95. The van der Waals surface area contributed by atoms with E-state index in [1.807, 2.05) is 106 Å². The summed E-state index contributed by atoms with van der Waals surface area (Å²) in [7, 11) is 0. The van der Waals surface area contributed by atoms with Crippen LogP contribution in [0.25, 0.3) is 44.7 Å².